The Balaban J connectivity index is 1.93. The van der Waals surface area contributed by atoms with Gasteiger partial charge in [-0.25, -0.2) is 17.5 Å². The molecule has 0 radical (unpaired) electrons. The summed E-state index contributed by atoms with van der Waals surface area (Å²) in [6.07, 6.45) is 0. The highest BCUT2D eigenvalue weighted by atomic mass is 32.2. The zero-order valence-electron chi connectivity index (χ0n) is 20.0. The summed E-state index contributed by atoms with van der Waals surface area (Å²) >= 11 is 0. The average Bonchev–Trinajstić information content (AvgIpc) is 2.92. The number of hydrogen-bond acceptors (Lipinski definition) is 8. The summed E-state index contributed by atoms with van der Waals surface area (Å²) in [5.74, 6) is -2.22. The molecule has 0 fully saturated rings. The number of hydrogen-bond donors (Lipinski definition) is 0. The third-order valence-electron chi connectivity index (χ3n) is 5.51. The van der Waals surface area contributed by atoms with E-state index in [9.17, 15) is 22.8 Å². The van der Waals surface area contributed by atoms with Crippen molar-refractivity contribution >= 4 is 33.5 Å². The number of benzene rings is 3. The van der Waals surface area contributed by atoms with Crippen molar-refractivity contribution in [2.75, 3.05) is 20.3 Å². The molecule has 0 bridgehead atoms. The van der Waals surface area contributed by atoms with E-state index in [0.717, 1.165) is 0 Å². The fraction of sp³-hybridized carbons (Fsp3) is 0.148. The van der Waals surface area contributed by atoms with Gasteiger partial charge in [-0.3, -0.25) is 9.59 Å². The van der Waals surface area contributed by atoms with Crippen LogP contribution in [-0.4, -0.2) is 50.7 Å². The van der Waals surface area contributed by atoms with Gasteiger partial charge in [0.05, 0.1) is 24.2 Å². The van der Waals surface area contributed by atoms with Gasteiger partial charge in [0.25, 0.3) is 10.0 Å². The van der Waals surface area contributed by atoms with E-state index < -0.39 is 40.0 Å². The Labute approximate surface area is 213 Å². The molecule has 4 rings (SSSR count). The number of carbonyl (C=O) groups is 3. The molecule has 9 nitrogen and oxygen atoms in total. The van der Waals surface area contributed by atoms with Crippen LogP contribution in [0.15, 0.2) is 89.5 Å². The van der Waals surface area contributed by atoms with Gasteiger partial charge in [-0.1, -0.05) is 42.5 Å². The van der Waals surface area contributed by atoms with Crippen LogP contribution in [0.4, 0.5) is 0 Å². The van der Waals surface area contributed by atoms with Crippen molar-refractivity contribution in [3.63, 3.8) is 0 Å². The first-order chi connectivity index (χ1) is 17.8. The molecule has 190 valence electrons. The third-order valence-corrected chi connectivity index (χ3v) is 7.32. The van der Waals surface area contributed by atoms with Crippen molar-refractivity contribution in [1.29, 1.82) is 0 Å². The first-order valence-corrected chi connectivity index (χ1v) is 12.7. The molecular weight excluding hydrogens is 498 g/mol. The fourth-order valence-corrected chi connectivity index (χ4v) is 5.38. The molecule has 3 aromatic carbocycles. The Morgan fingerprint density at radius 3 is 2.14 bits per heavy atom. The third kappa shape index (κ3) is 5.10. The molecule has 1 heterocycles. The minimum Gasteiger partial charge on any atom is -0.497 e. The van der Waals surface area contributed by atoms with E-state index in [4.69, 9.17) is 14.2 Å². The number of nitrogens with zero attached hydrogens (tertiary/aromatic N) is 1. The Morgan fingerprint density at radius 1 is 0.838 bits per heavy atom. The van der Waals surface area contributed by atoms with E-state index >= 15 is 0 Å². The molecule has 0 aromatic heterocycles. The van der Waals surface area contributed by atoms with Crippen LogP contribution >= 0.6 is 0 Å². The van der Waals surface area contributed by atoms with E-state index in [2.05, 4.69) is 0 Å². The van der Waals surface area contributed by atoms with Crippen LogP contribution < -0.4 is 4.74 Å². The van der Waals surface area contributed by atoms with Crippen molar-refractivity contribution < 1.29 is 37.0 Å². The molecule has 0 saturated heterocycles. The maximum absolute atomic E-state index is 13.7. The number of Topliss-reactive ketones (excluding diaryl/α,β-unsaturated/α-hetero) is 1. The molecule has 3 aromatic rings. The second kappa shape index (κ2) is 10.7. The summed E-state index contributed by atoms with van der Waals surface area (Å²) in [7, 11) is -2.91. The number of sulfonamides is 1. The molecule has 0 saturated carbocycles. The normalized spacial score (nSPS) is 13.9. The van der Waals surface area contributed by atoms with Gasteiger partial charge in [0.1, 0.15) is 18.0 Å². The topological polar surface area (TPSA) is 116 Å². The molecule has 37 heavy (non-hydrogen) atoms. The second-order valence-corrected chi connectivity index (χ2v) is 9.63. The number of ketones is 1. The zero-order chi connectivity index (χ0) is 26.6. The molecule has 0 atom stereocenters. The van der Waals surface area contributed by atoms with Crippen LogP contribution in [0.2, 0.25) is 0 Å². The molecule has 0 aliphatic carbocycles. The van der Waals surface area contributed by atoms with Crippen molar-refractivity contribution in [3.05, 3.63) is 101 Å². The van der Waals surface area contributed by atoms with E-state index in [-0.39, 0.29) is 34.0 Å². The van der Waals surface area contributed by atoms with E-state index in [1.54, 1.807) is 43.3 Å². The Hall–Kier alpha value is -4.44. The zero-order valence-corrected chi connectivity index (χ0v) is 20.9. The van der Waals surface area contributed by atoms with Gasteiger partial charge in [-0.2, -0.15) is 0 Å². The van der Waals surface area contributed by atoms with Crippen LogP contribution in [-0.2, 0) is 24.3 Å². The number of fused-ring (bicyclic) bond motifs is 1. The van der Waals surface area contributed by atoms with Crippen LogP contribution in [0.5, 0.6) is 5.75 Å². The van der Waals surface area contributed by atoms with Crippen molar-refractivity contribution in [1.82, 2.24) is 4.31 Å². The lowest BCUT2D eigenvalue weighted by Gasteiger charge is -2.32. The predicted molar refractivity (Wildman–Crippen MR) is 133 cm³/mol. The molecule has 0 unspecified atom stereocenters. The highest BCUT2D eigenvalue weighted by molar-refractivity contribution is 7.89. The number of methoxy groups -OCH3 is 1. The van der Waals surface area contributed by atoms with Gasteiger partial charge in [0, 0.05) is 11.1 Å². The molecule has 1 aliphatic heterocycles. The van der Waals surface area contributed by atoms with Gasteiger partial charge < -0.3 is 14.2 Å². The molecule has 0 N–H and O–H groups in total. The Morgan fingerprint density at radius 2 is 1.49 bits per heavy atom. The predicted octanol–water partition coefficient (Wildman–Crippen LogP) is 3.67. The quantitative estimate of drug-likeness (QED) is 0.326. The standard InChI is InChI=1S/C27H23NO8S/c1-3-35-23(29)17-28-24(25(30)18-9-5-4-6-10-18)26(21-11-7-8-12-22(21)37(28,32)33)36-27(31)19-13-15-20(34-2)16-14-19/h4-16H,3,17H2,1-2H3. The SMILES string of the molecule is CCOC(=O)CN1C(C(=O)c2ccccc2)=C(OC(=O)c2ccc(OC)cc2)c2ccccc2S1(=O)=O. The summed E-state index contributed by atoms with van der Waals surface area (Å²) in [5, 5.41) is 0. The number of esters is 2. The lowest BCUT2D eigenvalue weighted by atomic mass is 10.0. The second-order valence-electron chi connectivity index (χ2n) is 7.80. The fourth-order valence-electron chi connectivity index (χ4n) is 3.77. The number of carbonyl (C=O) groups excluding carboxylic acids is 3. The van der Waals surface area contributed by atoms with E-state index in [1.165, 1.54) is 49.6 Å². The van der Waals surface area contributed by atoms with Crippen LogP contribution in [0.1, 0.15) is 33.2 Å². The van der Waals surface area contributed by atoms with E-state index in [1.807, 2.05) is 0 Å². The monoisotopic (exact) mass is 521 g/mol. The summed E-state index contributed by atoms with van der Waals surface area (Å²) in [4.78, 5) is 39.1. The highest BCUT2D eigenvalue weighted by Crippen LogP contribution is 2.39. The maximum Gasteiger partial charge on any atom is 0.343 e. The van der Waals surface area contributed by atoms with Crippen LogP contribution in [0, 0.1) is 0 Å². The molecule has 1 aliphatic rings. The average molecular weight is 522 g/mol. The van der Waals surface area contributed by atoms with Gasteiger partial charge in [-0.15, -0.1) is 0 Å². The minimum absolute atomic E-state index is 0.00823. The largest absolute Gasteiger partial charge is 0.497 e. The first kappa shape index (κ1) is 25.6. The summed E-state index contributed by atoms with van der Waals surface area (Å²) in [5.41, 5.74) is -0.176. The smallest absolute Gasteiger partial charge is 0.343 e. The van der Waals surface area contributed by atoms with Gasteiger partial charge in [0.15, 0.2) is 5.76 Å². The Bertz CT molecular complexity index is 1480. The van der Waals surface area contributed by atoms with Crippen molar-refractivity contribution in [2.24, 2.45) is 0 Å². The lowest BCUT2D eigenvalue weighted by molar-refractivity contribution is -0.142. The number of rotatable bonds is 8. The number of ether oxygens (including phenoxy) is 3. The lowest BCUT2D eigenvalue weighted by Crippen LogP contribution is -2.42. The van der Waals surface area contributed by atoms with E-state index in [0.29, 0.717) is 10.1 Å². The van der Waals surface area contributed by atoms with Crippen molar-refractivity contribution in [2.45, 2.75) is 11.8 Å². The van der Waals surface area contributed by atoms with Crippen molar-refractivity contribution in [3.8, 4) is 5.75 Å². The summed E-state index contributed by atoms with van der Waals surface area (Å²) in [6, 6.07) is 19.8. The first-order valence-electron chi connectivity index (χ1n) is 11.3. The molecule has 0 amide bonds. The summed E-state index contributed by atoms with van der Waals surface area (Å²) < 4.78 is 43.7. The Kier molecular flexibility index (Phi) is 7.40. The molecule has 0 spiro atoms. The van der Waals surface area contributed by atoms with Gasteiger partial charge in [-0.05, 0) is 43.3 Å². The van der Waals surface area contributed by atoms with Gasteiger partial charge in [0.2, 0.25) is 5.78 Å². The number of allylic oxidation sites excluding steroid dienone is 1. The maximum atomic E-state index is 13.7. The summed E-state index contributed by atoms with van der Waals surface area (Å²) in [6.45, 7) is 0.794. The highest BCUT2D eigenvalue weighted by Gasteiger charge is 2.43. The minimum atomic E-state index is -4.39. The van der Waals surface area contributed by atoms with Crippen LogP contribution in [0.25, 0.3) is 5.76 Å². The molecule has 10 heteroatoms. The molecular formula is C27H23NO8S. The van der Waals surface area contributed by atoms with Gasteiger partial charge >= 0.3 is 11.9 Å². The van der Waals surface area contributed by atoms with Crippen LogP contribution in [0.3, 0.4) is 0 Å².